The summed E-state index contributed by atoms with van der Waals surface area (Å²) in [7, 11) is 0. The van der Waals surface area contributed by atoms with Gasteiger partial charge in [0.1, 0.15) is 0 Å². The van der Waals surface area contributed by atoms with Gasteiger partial charge in [-0.05, 0) is 24.5 Å². The van der Waals surface area contributed by atoms with Crippen molar-refractivity contribution in [3.63, 3.8) is 0 Å². The first-order chi connectivity index (χ1) is 9.08. The highest BCUT2D eigenvalue weighted by Gasteiger charge is 2.19. The lowest BCUT2D eigenvalue weighted by atomic mass is 10.1. The first-order valence-corrected chi connectivity index (χ1v) is 6.02. The summed E-state index contributed by atoms with van der Waals surface area (Å²) >= 11 is 0. The average Bonchev–Trinajstić information content (AvgIpc) is 2.72. The highest BCUT2D eigenvalue weighted by atomic mass is 19.1. The molecular weight excluding hydrogens is 247 g/mol. The Labute approximate surface area is 110 Å². The summed E-state index contributed by atoms with van der Waals surface area (Å²) in [5.74, 6) is -0.880. The van der Waals surface area contributed by atoms with E-state index in [0.29, 0.717) is 12.1 Å². The highest BCUT2D eigenvalue weighted by Crippen LogP contribution is 2.14. The van der Waals surface area contributed by atoms with Crippen LogP contribution in [0.4, 0.5) is 10.1 Å². The summed E-state index contributed by atoms with van der Waals surface area (Å²) in [6, 6.07) is 3.36. The number of anilines is 1. The quantitative estimate of drug-likeness (QED) is 0.888. The normalized spacial score (nSPS) is 10.7. The lowest BCUT2D eigenvalue weighted by Crippen LogP contribution is -2.14. The van der Waals surface area contributed by atoms with Crippen LogP contribution in [0.15, 0.2) is 24.5 Å². The van der Waals surface area contributed by atoms with Gasteiger partial charge < -0.3 is 5.32 Å². The fourth-order valence-corrected chi connectivity index (χ4v) is 1.67. The van der Waals surface area contributed by atoms with Gasteiger partial charge in [-0.15, -0.1) is 0 Å². The van der Waals surface area contributed by atoms with Crippen molar-refractivity contribution < 1.29 is 9.18 Å². The summed E-state index contributed by atoms with van der Waals surface area (Å²) in [4.78, 5) is 15.7. The van der Waals surface area contributed by atoms with E-state index in [4.69, 9.17) is 0 Å². The van der Waals surface area contributed by atoms with Gasteiger partial charge in [-0.1, -0.05) is 13.8 Å². The molecule has 0 saturated carbocycles. The van der Waals surface area contributed by atoms with Crippen molar-refractivity contribution in [3.05, 3.63) is 41.7 Å². The Bertz CT molecular complexity index is 565. The van der Waals surface area contributed by atoms with Gasteiger partial charge in [0.15, 0.2) is 11.5 Å². The Morgan fingerprint density at radius 2 is 2.32 bits per heavy atom. The van der Waals surface area contributed by atoms with Gasteiger partial charge in [0, 0.05) is 6.20 Å². The number of halogens is 1. The van der Waals surface area contributed by atoms with Crippen molar-refractivity contribution in [2.75, 3.05) is 5.32 Å². The fourth-order valence-electron chi connectivity index (χ4n) is 1.67. The number of pyridine rings is 1. The largest absolute Gasteiger partial charge is 0.319 e. The van der Waals surface area contributed by atoms with Gasteiger partial charge in [-0.2, -0.15) is 5.10 Å². The van der Waals surface area contributed by atoms with Crippen LogP contribution < -0.4 is 5.32 Å². The van der Waals surface area contributed by atoms with Gasteiger partial charge >= 0.3 is 0 Å². The maximum Gasteiger partial charge on any atom is 0.276 e. The summed E-state index contributed by atoms with van der Waals surface area (Å²) in [5, 5.41) is 8.84. The molecule has 0 saturated heterocycles. The minimum atomic E-state index is -0.588. The van der Waals surface area contributed by atoms with E-state index < -0.39 is 11.7 Å². The highest BCUT2D eigenvalue weighted by molar-refractivity contribution is 6.03. The topological polar surface area (TPSA) is 70.7 Å². The molecule has 100 valence electrons. The summed E-state index contributed by atoms with van der Waals surface area (Å²) in [6.07, 6.45) is 3.57. The Morgan fingerprint density at radius 1 is 1.53 bits per heavy atom. The fraction of sp³-hybridized carbons (Fsp3) is 0.308. The number of amides is 1. The van der Waals surface area contributed by atoms with Crippen LogP contribution in [-0.4, -0.2) is 21.1 Å². The smallest absolute Gasteiger partial charge is 0.276 e. The maximum absolute atomic E-state index is 14.0. The minimum absolute atomic E-state index is 0.153. The molecule has 2 N–H and O–H groups in total. The molecule has 2 rings (SSSR count). The van der Waals surface area contributed by atoms with Gasteiger partial charge in [0.2, 0.25) is 0 Å². The molecule has 5 nitrogen and oxygen atoms in total. The lowest BCUT2D eigenvalue weighted by molar-refractivity contribution is 0.101. The van der Waals surface area contributed by atoms with Crippen LogP contribution in [-0.2, 0) is 6.42 Å². The number of aromatic nitrogens is 3. The molecule has 0 aromatic carbocycles. The van der Waals surface area contributed by atoms with Crippen LogP contribution in [0.25, 0.3) is 0 Å². The number of carbonyl (C=O) groups is 1. The monoisotopic (exact) mass is 262 g/mol. The molecule has 0 aliphatic rings. The minimum Gasteiger partial charge on any atom is -0.319 e. The van der Waals surface area contributed by atoms with Crippen LogP contribution in [0.3, 0.4) is 0 Å². The van der Waals surface area contributed by atoms with Crippen LogP contribution >= 0.6 is 0 Å². The number of hydrogen-bond donors (Lipinski definition) is 2. The van der Waals surface area contributed by atoms with Gasteiger partial charge in [0.25, 0.3) is 5.91 Å². The van der Waals surface area contributed by atoms with Crippen LogP contribution in [0.5, 0.6) is 0 Å². The van der Waals surface area contributed by atoms with Crippen molar-refractivity contribution in [2.24, 2.45) is 5.92 Å². The van der Waals surface area contributed by atoms with Crippen molar-refractivity contribution in [3.8, 4) is 0 Å². The maximum atomic E-state index is 14.0. The first kappa shape index (κ1) is 13.2. The van der Waals surface area contributed by atoms with Crippen LogP contribution in [0.2, 0.25) is 0 Å². The van der Waals surface area contributed by atoms with E-state index >= 15 is 0 Å². The number of aromatic amines is 1. The summed E-state index contributed by atoms with van der Waals surface area (Å²) in [5.41, 5.74) is 0.637. The third-order valence-electron chi connectivity index (χ3n) is 2.52. The standard InChI is InChI=1S/C13H15FN4O/c1-8(2)6-10-11(14)12(18-17-10)13(19)16-9-4-3-5-15-7-9/h3-5,7-8H,6H2,1-2H3,(H,16,19)(H,17,18). The zero-order valence-electron chi connectivity index (χ0n) is 10.8. The molecule has 0 atom stereocenters. The molecule has 0 spiro atoms. The Balaban J connectivity index is 2.14. The molecular formula is C13H15FN4O. The van der Waals surface area contributed by atoms with E-state index in [2.05, 4.69) is 20.5 Å². The van der Waals surface area contributed by atoms with Crippen molar-refractivity contribution in [2.45, 2.75) is 20.3 Å². The molecule has 6 heteroatoms. The zero-order chi connectivity index (χ0) is 13.8. The molecule has 2 aromatic rings. The second-order valence-electron chi connectivity index (χ2n) is 4.65. The van der Waals surface area contributed by atoms with Crippen molar-refractivity contribution in [1.82, 2.24) is 15.2 Å². The van der Waals surface area contributed by atoms with E-state index in [9.17, 15) is 9.18 Å². The second kappa shape index (κ2) is 5.60. The van der Waals surface area contributed by atoms with Crippen LogP contribution in [0.1, 0.15) is 30.0 Å². The van der Waals surface area contributed by atoms with E-state index in [1.165, 1.54) is 6.20 Å². The Hall–Kier alpha value is -2.24. The molecule has 0 fully saturated rings. The number of nitrogens with zero attached hydrogens (tertiary/aromatic N) is 2. The lowest BCUT2D eigenvalue weighted by Gasteiger charge is -2.02. The predicted molar refractivity (Wildman–Crippen MR) is 69.3 cm³/mol. The molecule has 0 bridgehead atoms. The molecule has 19 heavy (non-hydrogen) atoms. The Kier molecular flexibility index (Phi) is 3.89. The number of H-pyrrole nitrogens is 1. The number of rotatable bonds is 4. The van der Waals surface area contributed by atoms with Crippen molar-refractivity contribution in [1.29, 1.82) is 0 Å². The van der Waals surface area contributed by atoms with Gasteiger partial charge in [-0.25, -0.2) is 4.39 Å². The molecule has 2 aromatic heterocycles. The van der Waals surface area contributed by atoms with Crippen molar-refractivity contribution >= 4 is 11.6 Å². The van der Waals surface area contributed by atoms with E-state index in [1.807, 2.05) is 13.8 Å². The molecule has 2 heterocycles. The molecule has 0 unspecified atom stereocenters. The SMILES string of the molecule is CC(C)Cc1n[nH]c(C(=O)Nc2cccnc2)c1F. The van der Waals surface area contributed by atoms with E-state index in [1.54, 1.807) is 18.3 Å². The first-order valence-electron chi connectivity index (χ1n) is 6.02. The van der Waals surface area contributed by atoms with E-state index in [-0.39, 0.29) is 17.3 Å². The molecule has 1 amide bonds. The van der Waals surface area contributed by atoms with Gasteiger partial charge in [-0.3, -0.25) is 14.9 Å². The number of nitrogens with one attached hydrogen (secondary N) is 2. The summed E-state index contributed by atoms with van der Waals surface area (Å²) < 4.78 is 14.0. The molecule has 0 aliphatic heterocycles. The number of carbonyl (C=O) groups excluding carboxylic acids is 1. The van der Waals surface area contributed by atoms with Gasteiger partial charge in [0.05, 0.1) is 17.6 Å². The average molecular weight is 262 g/mol. The third kappa shape index (κ3) is 3.15. The molecule has 0 radical (unpaired) electrons. The number of hydrogen-bond acceptors (Lipinski definition) is 3. The second-order valence-corrected chi connectivity index (χ2v) is 4.65. The predicted octanol–water partition coefficient (Wildman–Crippen LogP) is 2.39. The van der Waals surface area contributed by atoms with Crippen LogP contribution in [0, 0.1) is 11.7 Å². The van der Waals surface area contributed by atoms with E-state index in [0.717, 1.165) is 0 Å². The third-order valence-corrected chi connectivity index (χ3v) is 2.52. The Morgan fingerprint density at radius 3 is 2.95 bits per heavy atom. The zero-order valence-corrected chi connectivity index (χ0v) is 10.8. The molecule has 0 aliphatic carbocycles. The summed E-state index contributed by atoms with van der Waals surface area (Å²) in [6.45, 7) is 3.92.